The number of carbonyl (C=O) groups excluding carboxylic acids is 3. The second kappa shape index (κ2) is 59.4. The maximum Gasteiger partial charge on any atom is 0.306 e. The number of carbonyl (C=O) groups is 3. The molecular weight excluding hydrogens is 889 g/mol. The van der Waals surface area contributed by atoms with Crippen LogP contribution in [0, 0.1) is 0 Å². The lowest BCUT2D eigenvalue weighted by Crippen LogP contribution is -2.30. The molecule has 0 aliphatic carbocycles. The molecule has 0 saturated carbocycles. The zero-order chi connectivity index (χ0) is 52.2. The van der Waals surface area contributed by atoms with Crippen LogP contribution in [0.4, 0.5) is 0 Å². The number of unbranched alkanes of at least 4 members (excludes halogenated alkanes) is 21. The zero-order valence-electron chi connectivity index (χ0n) is 46.7. The molecule has 0 aromatic rings. The Morgan fingerprint density at radius 2 is 0.556 bits per heavy atom. The molecule has 408 valence electrons. The van der Waals surface area contributed by atoms with Crippen LogP contribution in [0.2, 0.25) is 0 Å². The highest BCUT2D eigenvalue weighted by Crippen LogP contribution is 2.13. The molecule has 0 spiro atoms. The van der Waals surface area contributed by atoms with Crippen LogP contribution in [0.1, 0.15) is 258 Å². The van der Waals surface area contributed by atoms with Gasteiger partial charge in [-0.2, -0.15) is 0 Å². The Kier molecular flexibility index (Phi) is 55.9. The average molecular weight is 998 g/mol. The first-order valence-corrected chi connectivity index (χ1v) is 29.5. The van der Waals surface area contributed by atoms with Gasteiger partial charge < -0.3 is 14.2 Å². The second-order valence-corrected chi connectivity index (χ2v) is 19.2. The van der Waals surface area contributed by atoms with Crippen molar-refractivity contribution in [3.63, 3.8) is 0 Å². The number of hydrogen-bond donors (Lipinski definition) is 0. The summed E-state index contributed by atoms with van der Waals surface area (Å²) in [7, 11) is 0. The molecular formula is C66H108O6. The molecule has 6 heteroatoms. The number of allylic oxidation sites excluding steroid dienone is 20. The van der Waals surface area contributed by atoms with E-state index in [1.807, 2.05) is 0 Å². The minimum atomic E-state index is -0.812. The van der Waals surface area contributed by atoms with E-state index in [0.29, 0.717) is 19.3 Å². The van der Waals surface area contributed by atoms with Crippen molar-refractivity contribution in [2.75, 3.05) is 13.2 Å². The van der Waals surface area contributed by atoms with Crippen LogP contribution in [-0.4, -0.2) is 37.2 Å². The fraction of sp³-hybridized carbons (Fsp3) is 0.652. The van der Waals surface area contributed by atoms with E-state index in [2.05, 4.69) is 142 Å². The average Bonchev–Trinajstić information content (AvgIpc) is 3.38. The summed E-state index contributed by atoms with van der Waals surface area (Å²) in [6, 6.07) is 0. The molecule has 0 N–H and O–H groups in total. The molecule has 0 aromatic carbocycles. The van der Waals surface area contributed by atoms with E-state index in [1.165, 1.54) is 70.6 Å². The number of esters is 3. The Balaban J connectivity index is 4.49. The van der Waals surface area contributed by atoms with Crippen LogP contribution in [0.5, 0.6) is 0 Å². The molecule has 0 aromatic heterocycles. The molecule has 0 bridgehead atoms. The molecule has 0 aliphatic heterocycles. The Bertz CT molecular complexity index is 1520. The summed E-state index contributed by atoms with van der Waals surface area (Å²) in [4.78, 5) is 38.2. The number of rotatable bonds is 52. The van der Waals surface area contributed by atoms with Crippen molar-refractivity contribution in [2.24, 2.45) is 0 Å². The smallest absolute Gasteiger partial charge is 0.306 e. The van der Waals surface area contributed by atoms with E-state index < -0.39 is 6.10 Å². The van der Waals surface area contributed by atoms with Crippen LogP contribution in [0.25, 0.3) is 0 Å². The zero-order valence-corrected chi connectivity index (χ0v) is 46.7. The van der Waals surface area contributed by atoms with Crippen LogP contribution in [0.15, 0.2) is 122 Å². The molecule has 6 nitrogen and oxygen atoms in total. The van der Waals surface area contributed by atoms with E-state index >= 15 is 0 Å². The van der Waals surface area contributed by atoms with Crippen molar-refractivity contribution in [2.45, 2.75) is 264 Å². The summed E-state index contributed by atoms with van der Waals surface area (Å²) in [5, 5.41) is 0. The first kappa shape index (κ1) is 67.8. The third-order valence-corrected chi connectivity index (χ3v) is 12.2. The molecule has 72 heavy (non-hydrogen) atoms. The Labute approximate surface area is 443 Å². The normalized spacial score (nSPS) is 13.0. The lowest BCUT2D eigenvalue weighted by atomic mass is 10.1. The van der Waals surface area contributed by atoms with Gasteiger partial charge in [0.25, 0.3) is 0 Å². The minimum absolute atomic E-state index is 0.106. The van der Waals surface area contributed by atoms with Gasteiger partial charge in [0.05, 0.1) is 0 Å². The van der Waals surface area contributed by atoms with Crippen molar-refractivity contribution in [1.29, 1.82) is 0 Å². The van der Waals surface area contributed by atoms with Gasteiger partial charge in [0.15, 0.2) is 6.10 Å². The molecule has 0 saturated heterocycles. The molecule has 0 rings (SSSR count). The topological polar surface area (TPSA) is 78.9 Å². The summed E-state index contributed by atoms with van der Waals surface area (Å²) in [6.07, 6.45) is 81.8. The largest absolute Gasteiger partial charge is 0.462 e. The van der Waals surface area contributed by atoms with Crippen molar-refractivity contribution in [1.82, 2.24) is 0 Å². The Hall–Kier alpha value is -4.19. The van der Waals surface area contributed by atoms with Gasteiger partial charge in [-0.25, -0.2) is 0 Å². The van der Waals surface area contributed by atoms with Gasteiger partial charge in [-0.1, -0.05) is 232 Å². The lowest BCUT2D eigenvalue weighted by Gasteiger charge is -2.18. The van der Waals surface area contributed by atoms with Crippen LogP contribution < -0.4 is 0 Å². The van der Waals surface area contributed by atoms with Gasteiger partial charge >= 0.3 is 17.9 Å². The predicted octanol–water partition coefficient (Wildman–Crippen LogP) is 20.0. The summed E-state index contributed by atoms with van der Waals surface area (Å²) in [5.41, 5.74) is 0. The highest BCUT2D eigenvalue weighted by atomic mass is 16.6. The Morgan fingerprint density at radius 1 is 0.292 bits per heavy atom. The summed E-state index contributed by atoms with van der Waals surface area (Å²) < 4.78 is 16.8. The first-order chi connectivity index (χ1) is 35.5. The van der Waals surface area contributed by atoms with Crippen LogP contribution in [0.3, 0.4) is 0 Å². The van der Waals surface area contributed by atoms with E-state index in [4.69, 9.17) is 14.2 Å². The van der Waals surface area contributed by atoms with Gasteiger partial charge in [0.2, 0.25) is 0 Å². The fourth-order valence-corrected chi connectivity index (χ4v) is 7.73. The van der Waals surface area contributed by atoms with Gasteiger partial charge in [0, 0.05) is 19.3 Å². The maximum atomic E-state index is 12.9. The second-order valence-electron chi connectivity index (χ2n) is 19.2. The van der Waals surface area contributed by atoms with Crippen molar-refractivity contribution in [3.05, 3.63) is 122 Å². The fourth-order valence-electron chi connectivity index (χ4n) is 7.73. The Morgan fingerprint density at radius 3 is 0.903 bits per heavy atom. The molecule has 0 amide bonds. The van der Waals surface area contributed by atoms with Crippen LogP contribution in [-0.2, 0) is 28.6 Å². The van der Waals surface area contributed by atoms with Gasteiger partial charge in [0.1, 0.15) is 13.2 Å². The molecule has 0 fully saturated rings. The molecule has 0 heterocycles. The molecule has 1 atom stereocenters. The number of ether oxygens (including phenoxy) is 3. The molecule has 0 aliphatic rings. The predicted molar refractivity (Wildman–Crippen MR) is 311 cm³/mol. The lowest BCUT2D eigenvalue weighted by molar-refractivity contribution is -0.167. The summed E-state index contributed by atoms with van der Waals surface area (Å²) >= 11 is 0. The highest BCUT2D eigenvalue weighted by molar-refractivity contribution is 5.71. The van der Waals surface area contributed by atoms with E-state index in [-0.39, 0.29) is 37.5 Å². The van der Waals surface area contributed by atoms with Gasteiger partial charge in [-0.05, 0) is 128 Å². The first-order valence-electron chi connectivity index (χ1n) is 29.5. The van der Waals surface area contributed by atoms with E-state index in [1.54, 1.807) is 0 Å². The molecule has 0 radical (unpaired) electrons. The third kappa shape index (κ3) is 56.7. The van der Waals surface area contributed by atoms with Crippen molar-refractivity contribution in [3.8, 4) is 0 Å². The monoisotopic (exact) mass is 997 g/mol. The van der Waals surface area contributed by atoms with Crippen LogP contribution >= 0.6 is 0 Å². The van der Waals surface area contributed by atoms with Gasteiger partial charge in [-0.15, -0.1) is 0 Å². The van der Waals surface area contributed by atoms with Crippen molar-refractivity contribution < 1.29 is 28.6 Å². The highest BCUT2D eigenvalue weighted by Gasteiger charge is 2.19. The van der Waals surface area contributed by atoms with Crippen molar-refractivity contribution >= 4 is 17.9 Å². The summed E-state index contributed by atoms with van der Waals surface area (Å²) in [6.45, 7) is 6.42. The molecule has 1 unspecified atom stereocenters. The SMILES string of the molecule is CC/C=C\C/C=C\C/C=C\C/C=C\C/C=C\CCCCCC(=O)OC(COC(=O)CCCCCCC/C=C\C/C=C\CCCC)COC(=O)CCCCCCCC/C=C\C/C=C\C/C=C\CCCCCCC. The standard InChI is InChI=1S/C66H108O6/c1-4-7-10-13-16-19-22-25-28-30-32-33-35-36-38-41-44-47-50-53-56-59-65(68)71-62-63(61-70-64(67)58-55-52-49-46-43-40-27-24-21-18-15-12-9-6-3)72-66(69)60-57-54-51-48-45-42-39-37-34-31-29-26-23-20-17-14-11-8-5-2/h8,11,15,17-18,20,22,24-27,29-30,32,34-37,42,45,63H,4-7,9-10,12-14,16,19,21,23,28,31,33,38-41,43-44,46-62H2,1-3H3/b11-8-,18-15-,20-17-,25-22-,27-24-,29-26-,32-30-,36-35-,37-34-,45-42-. The third-order valence-electron chi connectivity index (χ3n) is 12.2. The quantitative estimate of drug-likeness (QED) is 0.0261. The van der Waals surface area contributed by atoms with E-state index in [9.17, 15) is 14.4 Å². The van der Waals surface area contributed by atoms with Gasteiger partial charge in [-0.3, -0.25) is 14.4 Å². The number of hydrogen-bond acceptors (Lipinski definition) is 6. The summed E-state index contributed by atoms with van der Waals surface area (Å²) in [5.74, 6) is -0.965. The maximum absolute atomic E-state index is 12.9. The van der Waals surface area contributed by atoms with E-state index in [0.717, 1.165) is 141 Å². The minimum Gasteiger partial charge on any atom is -0.462 e.